The van der Waals surface area contributed by atoms with Crippen LogP contribution in [-0.2, 0) is 23.8 Å². The van der Waals surface area contributed by atoms with Crippen molar-refractivity contribution in [1.29, 1.82) is 0 Å². The van der Waals surface area contributed by atoms with Gasteiger partial charge in [0.2, 0.25) is 5.88 Å². The summed E-state index contributed by atoms with van der Waals surface area (Å²) in [5.74, 6) is 1.69. The molecule has 0 aliphatic rings. The van der Waals surface area contributed by atoms with Crippen molar-refractivity contribution in [3.05, 3.63) is 58.2 Å². The van der Waals surface area contributed by atoms with E-state index >= 15 is 0 Å². The van der Waals surface area contributed by atoms with Gasteiger partial charge in [-0.25, -0.2) is 9.97 Å². The number of hydrogen-bond acceptors (Lipinski definition) is 6. The summed E-state index contributed by atoms with van der Waals surface area (Å²) in [5.41, 5.74) is 5.80. The maximum atomic E-state index is 6.21. The van der Waals surface area contributed by atoms with Crippen molar-refractivity contribution < 1.29 is 9.47 Å². The molecule has 0 bridgehead atoms. The van der Waals surface area contributed by atoms with Gasteiger partial charge in [0.25, 0.3) is 0 Å². The molecule has 5 nitrogen and oxygen atoms in total. The van der Waals surface area contributed by atoms with Crippen molar-refractivity contribution in [2.45, 2.75) is 92.5 Å². The van der Waals surface area contributed by atoms with Gasteiger partial charge in [0.15, 0.2) is 0 Å². The molecule has 3 rings (SSSR count). The lowest BCUT2D eigenvalue weighted by Gasteiger charge is -2.30. The van der Waals surface area contributed by atoms with E-state index in [0.29, 0.717) is 19.1 Å². The average molecular weight is 538 g/mol. The zero-order valence-corrected chi connectivity index (χ0v) is 25.8. The minimum atomic E-state index is -0.0399. The van der Waals surface area contributed by atoms with Crippen LogP contribution in [0.3, 0.4) is 0 Å². The van der Waals surface area contributed by atoms with Crippen molar-refractivity contribution in [3.63, 3.8) is 0 Å². The summed E-state index contributed by atoms with van der Waals surface area (Å²) < 4.78 is 12.2. The number of benzene rings is 1. The third-order valence-corrected chi connectivity index (χ3v) is 7.53. The lowest BCUT2D eigenvalue weighted by atomic mass is 9.78. The van der Waals surface area contributed by atoms with Crippen LogP contribution in [-0.4, -0.2) is 41.2 Å². The summed E-state index contributed by atoms with van der Waals surface area (Å²) in [6.07, 6.45) is 3.84. The van der Waals surface area contributed by atoms with E-state index in [1.54, 1.807) is 11.3 Å². The van der Waals surface area contributed by atoms with E-state index in [1.165, 1.54) is 16.7 Å². The molecule has 0 amide bonds. The molecule has 1 aromatic carbocycles. The molecule has 0 radical (unpaired) electrons. The van der Waals surface area contributed by atoms with Crippen LogP contribution in [0, 0.1) is 0 Å². The van der Waals surface area contributed by atoms with Crippen LogP contribution in [0.4, 0.5) is 0 Å². The number of thiazole rings is 1. The molecule has 0 aliphatic carbocycles. The lowest BCUT2D eigenvalue weighted by molar-refractivity contribution is 0.279. The highest BCUT2D eigenvalue weighted by molar-refractivity contribution is 7.13. The van der Waals surface area contributed by atoms with E-state index in [1.807, 2.05) is 12.3 Å². The van der Waals surface area contributed by atoms with Crippen LogP contribution in [0.2, 0.25) is 0 Å². The topological polar surface area (TPSA) is 47.5 Å². The second-order valence-electron chi connectivity index (χ2n) is 11.9. The molecule has 6 heteroatoms. The van der Waals surface area contributed by atoms with Crippen LogP contribution >= 0.6 is 11.3 Å². The predicted octanol–water partition coefficient (Wildman–Crippen LogP) is 8.05. The highest BCUT2D eigenvalue weighted by Gasteiger charge is 2.28. The summed E-state index contributed by atoms with van der Waals surface area (Å²) in [4.78, 5) is 11.9. The molecular weight excluding hydrogens is 490 g/mol. The molecule has 208 valence electrons. The Labute approximate surface area is 234 Å². The lowest BCUT2D eigenvalue weighted by Crippen LogP contribution is -2.23. The number of hydrogen-bond donors (Lipinski definition) is 0. The summed E-state index contributed by atoms with van der Waals surface area (Å²) >= 11 is 1.69. The Hall–Kier alpha value is -2.44. The second-order valence-corrected chi connectivity index (χ2v) is 12.8. The molecule has 2 heterocycles. The van der Waals surface area contributed by atoms with Crippen LogP contribution in [0.5, 0.6) is 11.6 Å². The third kappa shape index (κ3) is 8.03. The van der Waals surface area contributed by atoms with Gasteiger partial charge in [0.1, 0.15) is 10.8 Å². The average Bonchev–Trinajstić information content (AvgIpc) is 3.32. The summed E-state index contributed by atoms with van der Waals surface area (Å²) in [7, 11) is 0. The van der Waals surface area contributed by atoms with Crippen molar-refractivity contribution in [2.24, 2.45) is 0 Å². The van der Waals surface area contributed by atoms with E-state index in [2.05, 4.69) is 95.8 Å². The van der Waals surface area contributed by atoms with Gasteiger partial charge in [-0.05, 0) is 55.0 Å². The zero-order valence-electron chi connectivity index (χ0n) is 25.0. The SMILES string of the molecule is CCCN(CC)Cc1ccc(OCCc2csc(-c3cc(C(C)(C)C)c(OCC)c(C(C)(C)C)c3)n2)nc1. The smallest absolute Gasteiger partial charge is 0.213 e. The van der Waals surface area contributed by atoms with Crippen molar-refractivity contribution in [2.75, 3.05) is 26.3 Å². The Balaban J connectivity index is 1.71. The van der Waals surface area contributed by atoms with Gasteiger partial charge in [-0.2, -0.15) is 0 Å². The summed E-state index contributed by atoms with van der Waals surface area (Å²) in [6, 6.07) is 8.63. The normalized spacial score (nSPS) is 12.3. The molecule has 3 aromatic rings. The van der Waals surface area contributed by atoms with E-state index in [-0.39, 0.29) is 10.8 Å². The quantitative estimate of drug-likeness (QED) is 0.234. The van der Waals surface area contributed by atoms with Gasteiger partial charge < -0.3 is 9.47 Å². The van der Waals surface area contributed by atoms with E-state index in [0.717, 1.165) is 54.5 Å². The Kier molecular flexibility index (Phi) is 10.4. The molecule has 0 saturated heterocycles. The molecule has 0 aliphatic heterocycles. The number of ether oxygens (including phenoxy) is 2. The first-order chi connectivity index (χ1) is 18.0. The van der Waals surface area contributed by atoms with Crippen molar-refractivity contribution in [3.8, 4) is 22.2 Å². The Morgan fingerprint density at radius 1 is 0.921 bits per heavy atom. The van der Waals surface area contributed by atoms with Crippen LogP contribution < -0.4 is 9.47 Å². The van der Waals surface area contributed by atoms with Crippen molar-refractivity contribution in [1.82, 2.24) is 14.9 Å². The predicted molar refractivity (Wildman–Crippen MR) is 161 cm³/mol. The first kappa shape index (κ1) is 30.1. The highest BCUT2D eigenvalue weighted by Crippen LogP contribution is 2.43. The van der Waals surface area contributed by atoms with Crippen LogP contribution in [0.1, 0.15) is 91.1 Å². The standard InChI is InChI=1S/C32H47N3O2S/c1-10-16-35(11-2)21-23-13-14-28(33-20-23)37-17-15-25-22-38-30(34-25)24-18-26(31(4,5)6)29(36-12-3)27(19-24)32(7,8)9/h13-14,18-20,22H,10-12,15-17,21H2,1-9H3. The molecule has 0 atom stereocenters. The van der Waals surface area contributed by atoms with Gasteiger partial charge in [-0.3, -0.25) is 4.90 Å². The molecule has 0 spiro atoms. The zero-order chi connectivity index (χ0) is 27.9. The van der Waals surface area contributed by atoms with Crippen LogP contribution in [0.25, 0.3) is 10.6 Å². The molecule has 0 unspecified atom stereocenters. The third-order valence-electron chi connectivity index (χ3n) is 6.59. The minimum absolute atomic E-state index is 0.0399. The van der Waals surface area contributed by atoms with Crippen molar-refractivity contribution >= 4 is 11.3 Å². The van der Waals surface area contributed by atoms with E-state index in [9.17, 15) is 0 Å². The first-order valence-corrected chi connectivity index (χ1v) is 14.9. The maximum Gasteiger partial charge on any atom is 0.213 e. The van der Waals surface area contributed by atoms with Crippen LogP contribution in [0.15, 0.2) is 35.8 Å². The number of nitrogens with zero attached hydrogens (tertiary/aromatic N) is 3. The Morgan fingerprint density at radius 2 is 1.61 bits per heavy atom. The van der Waals surface area contributed by atoms with Gasteiger partial charge >= 0.3 is 0 Å². The molecule has 0 fully saturated rings. The summed E-state index contributed by atoms with van der Waals surface area (Å²) in [6.45, 7) is 24.2. The summed E-state index contributed by atoms with van der Waals surface area (Å²) in [5, 5.41) is 3.18. The van der Waals surface area contributed by atoms with E-state index in [4.69, 9.17) is 14.5 Å². The fourth-order valence-electron chi connectivity index (χ4n) is 4.49. The molecule has 0 saturated carbocycles. The van der Waals surface area contributed by atoms with E-state index < -0.39 is 0 Å². The number of rotatable bonds is 12. The fourth-order valence-corrected chi connectivity index (χ4v) is 5.34. The highest BCUT2D eigenvalue weighted by atomic mass is 32.1. The number of aromatic nitrogens is 2. The minimum Gasteiger partial charge on any atom is -0.493 e. The maximum absolute atomic E-state index is 6.21. The second kappa shape index (κ2) is 13.1. The first-order valence-electron chi connectivity index (χ1n) is 14.0. The monoisotopic (exact) mass is 537 g/mol. The van der Waals surface area contributed by atoms with Gasteiger partial charge in [0.05, 0.1) is 18.9 Å². The molecule has 2 aromatic heterocycles. The molecule has 38 heavy (non-hydrogen) atoms. The largest absolute Gasteiger partial charge is 0.493 e. The van der Waals surface area contributed by atoms with Gasteiger partial charge in [-0.1, -0.05) is 61.5 Å². The Bertz CT molecular complexity index is 1120. The fraction of sp³-hybridized carbons (Fsp3) is 0.562. The Morgan fingerprint density at radius 3 is 2.13 bits per heavy atom. The molecular formula is C32H47N3O2S. The molecule has 0 N–H and O–H groups in total. The number of pyridine rings is 1. The van der Waals surface area contributed by atoms with Gasteiger partial charge in [0, 0.05) is 47.3 Å². The van der Waals surface area contributed by atoms with Gasteiger partial charge in [-0.15, -0.1) is 11.3 Å².